The van der Waals surface area contributed by atoms with Crippen LogP contribution in [0.4, 0.5) is 5.69 Å². The van der Waals surface area contributed by atoms with Gasteiger partial charge in [-0.15, -0.1) is 0 Å². The van der Waals surface area contributed by atoms with Crippen molar-refractivity contribution in [3.8, 4) is 5.75 Å². The smallest absolute Gasteiger partial charge is 0.178 e. The van der Waals surface area contributed by atoms with Crippen LogP contribution >= 0.6 is 0 Å². The summed E-state index contributed by atoms with van der Waals surface area (Å²) in [5.41, 5.74) is 0.993. The molecule has 1 saturated carbocycles. The number of anilines is 1. The molecular formula is C16H21NO2. The molecule has 1 heterocycles. The van der Waals surface area contributed by atoms with Crippen molar-refractivity contribution in [1.29, 1.82) is 0 Å². The van der Waals surface area contributed by atoms with E-state index < -0.39 is 0 Å². The van der Waals surface area contributed by atoms with E-state index in [-0.39, 0.29) is 12.0 Å². The third-order valence-corrected chi connectivity index (χ3v) is 4.21. The van der Waals surface area contributed by atoms with Crippen LogP contribution in [0.15, 0.2) is 24.3 Å². The summed E-state index contributed by atoms with van der Waals surface area (Å²) >= 11 is 0. The van der Waals surface area contributed by atoms with Gasteiger partial charge in [0.05, 0.1) is 12.2 Å². The lowest BCUT2D eigenvalue weighted by molar-refractivity contribution is -0.129. The molecule has 1 aliphatic carbocycles. The Morgan fingerprint density at radius 2 is 1.84 bits per heavy atom. The summed E-state index contributed by atoms with van der Waals surface area (Å²) in [6.07, 6.45) is 6.70. The molecule has 3 heteroatoms. The maximum Gasteiger partial charge on any atom is 0.178 e. The molecule has 1 N–H and O–H groups in total. The minimum atomic E-state index is -0.307. The number of nitrogens with one attached hydrogen (secondary N) is 1. The summed E-state index contributed by atoms with van der Waals surface area (Å²) in [5, 5.41) is 3.30. The van der Waals surface area contributed by atoms with Crippen molar-refractivity contribution in [3.05, 3.63) is 24.3 Å². The molecule has 1 aliphatic heterocycles. The largest absolute Gasteiger partial charge is 0.479 e. The molecule has 1 aromatic carbocycles. The monoisotopic (exact) mass is 259 g/mol. The molecule has 0 bridgehead atoms. The zero-order chi connectivity index (χ0) is 13.1. The number of rotatable bonds is 2. The van der Waals surface area contributed by atoms with Crippen molar-refractivity contribution in [2.24, 2.45) is 5.92 Å². The Hall–Kier alpha value is -1.51. The first-order chi connectivity index (χ1) is 9.34. The standard InChI is InChI=1S/C16H21NO2/c18-16(12-7-3-1-2-4-8-12)15-11-17-13-9-5-6-10-14(13)19-15/h5-6,9-10,12,15,17H,1-4,7-8,11H2. The highest BCUT2D eigenvalue weighted by Gasteiger charge is 2.31. The fourth-order valence-electron chi connectivity index (χ4n) is 3.10. The van der Waals surface area contributed by atoms with E-state index in [2.05, 4.69) is 5.32 Å². The highest BCUT2D eigenvalue weighted by atomic mass is 16.5. The molecule has 1 aromatic rings. The zero-order valence-corrected chi connectivity index (χ0v) is 11.2. The molecule has 2 aliphatic rings. The molecule has 19 heavy (non-hydrogen) atoms. The maximum atomic E-state index is 12.6. The Morgan fingerprint density at radius 1 is 1.11 bits per heavy atom. The van der Waals surface area contributed by atoms with Crippen molar-refractivity contribution >= 4 is 11.5 Å². The van der Waals surface area contributed by atoms with Crippen LogP contribution in [0.5, 0.6) is 5.75 Å². The number of Topliss-reactive ketones (excluding diaryl/α,β-unsaturated/α-hetero) is 1. The Morgan fingerprint density at radius 3 is 2.63 bits per heavy atom. The van der Waals surface area contributed by atoms with Crippen LogP contribution in [0, 0.1) is 5.92 Å². The van der Waals surface area contributed by atoms with Crippen LogP contribution in [0.25, 0.3) is 0 Å². The molecule has 0 radical (unpaired) electrons. The van der Waals surface area contributed by atoms with Gasteiger partial charge in [-0.2, -0.15) is 0 Å². The summed E-state index contributed by atoms with van der Waals surface area (Å²) in [6, 6.07) is 7.83. The van der Waals surface area contributed by atoms with Gasteiger partial charge in [0.15, 0.2) is 11.9 Å². The average Bonchev–Trinajstić information content (AvgIpc) is 2.75. The van der Waals surface area contributed by atoms with Crippen LogP contribution in [0.3, 0.4) is 0 Å². The molecule has 3 rings (SSSR count). The van der Waals surface area contributed by atoms with E-state index in [1.807, 2.05) is 24.3 Å². The van der Waals surface area contributed by atoms with E-state index in [1.165, 1.54) is 25.7 Å². The second-order valence-electron chi connectivity index (χ2n) is 5.57. The Labute approximate surface area is 114 Å². The molecule has 3 nitrogen and oxygen atoms in total. The summed E-state index contributed by atoms with van der Waals surface area (Å²) in [6.45, 7) is 0.604. The molecule has 1 fully saturated rings. The second-order valence-corrected chi connectivity index (χ2v) is 5.57. The minimum Gasteiger partial charge on any atom is -0.479 e. The van der Waals surface area contributed by atoms with Crippen LogP contribution in [0.2, 0.25) is 0 Å². The van der Waals surface area contributed by atoms with E-state index in [9.17, 15) is 4.79 Å². The second kappa shape index (κ2) is 5.64. The fourth-order valence-corrected chi connectivity index (χ4v) is 3.10. The Bertz CT molecular complexity index is 450. The summed E-state index contributed by atoms with van der Waals surface area (Å²) in [7, 11) is 0. The lowest BCUT2D eigenvalue weighted by atomic mass is 9.91. The summed E-state index contributed by atoms with van der Waals surface area (Å²) in [4.78, 5) is 12.6. The van der Waals surface area contributed by atoms with Gasteiger partial charge >= 0.3 is 0 Å². The van der Waals surface area contributed by atoms with Crippen LogP contribution in [0.1, 0.15) is 38.5 Å². The first-order valence-corrected chi connectivity index (χ1v) is 7.38. The molecular weight excluding hydrogens is 238 g/mol. The lowest BCUT2D eigenvalue weighted by Crippen LogP contribution is -2.41. The summed E-state index contributed by atoms with van der Waals surface area (Å²) in [5.74, 6) is 1.31. The quantitative estimate of drug-likeness (QED) is 0.827. The van der Waals surface area contributed by atoms with Gasteiger partial charge in [-0.3, -0.25) is 4.79 Å². The minimum absolute atomic E-state index is 0.208. The number of ketones is 1. The number of ether oxygens (including phenoxy) is 1. The SMILES string of the molecule is O=C(C1CCCCCC1)C1CNc2ccccc2O1. The zero-order valence-electron chi connectivity index (χ0n) is 11.2. The van der Waals surface area contributed by atoms with Crippen molar-refractivity contribution < 1.29 is 9.53 Å². The number of hydrogen-bond donors (Lipinski definition) is 1. The van der Waals surface area contributed by atoms with Gasteiger partial charge in [-0.05, 0) is 25.0 Å². The number of hydrogen-bond acceptors (Lipinski definition) is 3. The molecule has 0 spiro atoms. The van der Waals surface area contributed by atoms with E-state index in [1.54, 1.807) is 0 Å². The highest BCUT2D eigenvalue weighted by molar-refractivity contribution is 5.87. The fraction of sp³-hybridized carbons (Fsp3) is 0.562. The van der Waals surface area contributed by atoms with Gasteiger partial charge < -0.3 is 10.1 Å². The van der Waals surface area contributed by atoms with Gasteiger partial charge in [-0.25, -0.2) is 0 Å². The molecule has 0 aromatic heterocycles. The lowest BCUT2D eigenvalue weighted by Gasteiger charge is -2.28. The van der Waals surface area contributed by atoms with Crippen LogP contribution in [-0.2, 0) is 4.79 Å². The van der Waals surface area contributed by atoms with Gasteiger partial charge in [0, 0.05) is 5.92 Å². The number of fused-ring (bicyclic) bond motifs is 1. The van der Waals surface area contributed by atoms with Crippen molar-refractivity contribution in [2.45, 2.75) is 44.6 Å². The van der Waals surface area contributed by atoms with Gasteiger partial charge in [0.2, 0.25) is 0 Å². The third kappa shape index (κ3) is 2.75. The van der Waals surface area contributed by atoms with E-state index in [0.717, 1.165) is 24.3 Å². The van der Waals surface area contributed by atoms with Gasteiger partial charge in [0.25, 0.3) is 0 Å². The topological polar surface area (TPSA) is 38.3 Å². The van der Waals surface area contributed by atoms with Crippen molar-refractivity contribution in [1.82, 2.24) is 0 Å². The van der Waals surface area contributed by atoms with Crippen LogP contribution in [-0.4, -0.2) is 18.4 Å². The molecule has 0 saturated heterocycles. The Kier molecular flexibility index (Phi) is 3.72. The molecule has 1 atom stereocenters. The van der Waals surface area contributed by atoms with Gasteiger partial charge in [-0.1, -0.05) is 37.8 Å². The van der Waals surface area contributed by atoms with E-state index in [4.69, 9.17) is 4.74 Å². The molecule has 1 unspecified atom stereocenters. The van der Waals surface area contributed by atoms with E-state index in [0.29, 0.717) is 12.3 Å². The van der Waals surface area contributed by atoms with Crippen molar-refractivity contribution in [3.63, 3.8) is 0 Å². The average molecular weight is 259 g/mol. The Balaban J connectivity index is 1.68. The predicted molar refractivity (Wildman–Crippen MR) is 75.5 cm³/mol. The molecule has 102 valence electrons. The highest BCUT2D eigenvalue weighted by Crippen LogP contribution is 2.31. The van der Waals surface area contributed by atoms with E-state index >= 15 is 0 Å². The predicted octanol–water partition coefficient (Wildman–Crippen LogP) is 3.40. The third-order valence-electron chi connectivity index (χ3n) is 4.21. The first kappa shape index (κ1) is 12.5. The number of carbonyl (C=O) groups is 1. The normalized spacial score (nSPS) is 23.7. The number of benzene rings is 1. The number of carbonyl (C=O) groups excluding carboxylic acids is 1. The van der Waals surface area contributed by atoms with Gasteiger partial charge in [0.1, 0.15) is 5.75 Å². The summed E-state index contributed by atoms with van der Waals surface area (Å²) < 4.78 is 5.88. The van der Waals surface area contributed by atoms with Crippen LogP contribution < -0.4 is 10.1 Å². The number of para-hydroxylation sites is 2. The maximum absolute atomic E-state index is 12.6. The van der Waals surface area contributed by atoms with Crippen molar-refractivity contribution in [2.75, 3.05) is 11.9 Å². The first-order valence-electron chi connectivity index (χ1n) is 7.38. The molecule has 0 amide bonds.